The van der Waals surface area contributed by atoms with E-state index in [1.807, 2.05) is 18.2 Å². The van der Waals surface area contributed by atoms with Crippen LogP contribution in [0.4, 0.5) is 5.69 Å². The van der Waals surface area contributed by atoms with Gasteiger partial charge in [-0.1, -0.05) is 6.07 Å². The van der Waals surface area contributed by atoms with Gasteiger partial charge in [0.1, 0.15) is 11.5 Å². The lowest BCUT2D eigenvalue weighted by molar-refractivity contribution is -0.123. The number of nitrogens with one attached hydrogen (secondary N) is 2. The van der Waals surface area contributed by atoms with Gasteiger partial charge in [0.2, 0.25) is 0 Å². The molecule has 0 radical (unpaired) electrons. The van der Waals surface area contributed by atoms with E-state index in [1.165, 1.54) is 25.3 Å². The maximum Gasteiger partial charge on any atom is 0.261 e. The van der Waals surface area contributed by atoms with Gasteiger partial charge in [-0.2, -0.15) is 0 Å². The molecular weight excluding hydrogens is 484 g/mol. The Morgan fingerprint density at radius 1 is 0.833 bits per heavy atom. The summed E-state index contributed by atoms with van der Waals surface area (Å²) in [5.74, 6) is 2.04. The smallest absolute Gasteiger partial charge is 0.261 e. The number of benzene rings is 3. The minimum atomic E-state index is -3.79. The second-order valence-electron chi connectivity index (χ2n) is 7.84. The molecule has 0 heterocycles. The predicted octanol–water partition coefficient (Wildman–Crippen LogP) is 3.56. The van der Waals surface area contributed by atoms with Crippen LogP contribution in [0.25, 0.3) is 0 Å². The summed E-state index contributed by atoms with van der Waals surface area (Å²) >= 11 is 0. The first kappa shape index (κ1) is 26.7. The molecule has 36 heavy (non-hydrogen) atoms. The fraction of sp³-hybridized carbons (Fsp3) is 0.269. The molecule has 0 saturated carbocycles. The molecule has 2 N–H and O–H groups in total. The van der Waals surface area contributed by atoms with E-state index in [9.17, 15) is 13.2 Å². The van der Waals surface area contributed by atoms with Crippen LogP contribution in [0.2, 0.25) is 0 Å². The number of amides is 1. The molecule has 0 aliphatic rings. The van der Waals surface area contributed by atoms with Gasteiger partial charge in [-0.3, -0.25) is 9.52 Å². The molecule has 0 bridgehead atoms. The maximum absolute atomic E-state index is 12.7. The van der Waals surface area contributed by atoms with Crippen LogP contribution in [-0.2, 0) is 21.2 Å². The largest absolute Gasteiger partial charge is 0.497 e. The van der Waals surface area contributed by atoms with E-state index >= 15 is 0 Å². The highest BCUT2D eigenvalue weighted by Gasteiger charge is 2.16. The zero-order chi connectivity index (χ0) is 26.1. The molecule has 0 saturated heterocycles. The Balaban J connectivity index is 1.51. The zero-order valence-corrected chi connectivity index (χ0v) is 21.5. The number of aryl methyl sites for hydroxylation is 1. The van der Waals surface area contributed by atoms with Crippen LogP contribution in [0.15, 0.2) is 65.6 Å². The summed E-state index contributed by atoms with van der Waals surface area (Å²) in [4.78, 5) is 12.3. The van der Waals surface area contributed by atoms with Crippen molar-refractivity contribution in [2.45, 2.75) is 18.2 Å². The van der Waals surface area contributed by atoms with Crippen molar-refractivity contribution in [3.63, 3.8) is 0 Å². The Bertz CT molecular complexity index is 1290. The average molecular weight is 515 g/mol. The van der Waals surface area contributed by atoms with Crippen molar-refractivity contribution in [3.8, 4) is 23.0 Å². The average Bonchev–Trinajstić information content (AvgIpc) is 2.88. The topological polar surface area (TPSA) is 112 Å². The van der Waals surface area contributed by atoms with E-state index < -0.39 is 10.0 Å². The molecular formula is C26H30N2O7S. The summed E-state index contributed by atoms with van der Waals surface area (Å²) in [7, 11) is 0.890. The van der Waals surface area contributed by atoms with Gasteiger partial charge in [0.25, 0.3) is 15.9 Å². The number of ether oxygens (including phenoxy) is 4. The van der Waals surface area contributed by atoms with Crippen molar-refractivity contribution in [3.05, 3.63) is 71.8 Å². The highest BCUT2D eigenvalue weighted by atomic mass is 32.2. The molecule has 192 valence electrons. The van der Waals surface area contributed by atoms with Gasteiger partial charge >= 0.3 is 0 Å². The van der Waals surface area contributed by atoms with Crippen molar-refractivity contribution in [1.82, 2.24) is 5.32 Å². The fourth-order valence-corrected chi connectivity index (χ4v) is 4.54. The molecule has 3 aromatic rings. The van der Waals surface area contributed by atoms with E-state index in [2.05, 4.69) is 10.0 Å². The first-order valence-corrected chi connectivity index (χ1v) is 12.6. The number of carbonyl (C=O) groups is 1. The highest BCUT2D eigenvalue weighted by Crippen LogP contribution is 2.28. The second-order valence-corrected chi connectivity index (χ2v) is 9.52. The van der Waals surface area contributed by atoms with Gasteiger partial charge in [0.05, 0.1) is 26.2 Å². The maximum atomic E-state index is 12.7. The molecule has 3 rings (SSSR count). The molecule has 0 aliphatic heterocycles. The van der Waals surface area contributed by atoms with E-state index in [-0.39, 0.29) is 17.4 Å². The monoisotopic (exact) mass is 514 g/mol. The van der Waals surface area contributed by atoms with E-state index in [0.717, 1.165) is 5.56 Å². The third-order valence-corrected chi connectivity index (χ3v) is 6.72. The Hall–Kier alpha value is -3.92. The fourth-order valence-electron chi connectivity index (χ4n) is 3.40. The van der Waals surface area contributed by atoms with Crippen LogP contribution >= 0.6 is 0 Å². The summed E-state index contributed by atoms with van der Waals surface area (Å²) in [6.45, 7) is 1.95. The van der Waals surface area contributed by atoms with Gasteiger partial charge in [-0.25, -0.2) is 8.42 Å². The molecule has 3 aromatic carbocycles. The van der Waals surface area contributed by atoms with Crippen LogP contribution in [0.5, 0.6) is 23.0 Å². The number of sulfonamides is 1. The van der Waals surface area contributed by atoms with Crippen molar-refractivity contribution in [1.29, 1.82) is 0 Å². The highest BCUT2D eigenvalue weighted by molar-refractivity contribution is 7.92. The molecule has 0 atom stereocenters. The standard InChI is InChI=1S/C26H30N2O7S/c1-18-15-22(36(30,31)28-20-6-8-21(32-2)9-7-20)10-12-23(18)35-17-26(29)27-14-13-19-5-11-24(33-3)25(16-19)34-4/h5-12,15-16,28H,13-14,17H2,1-4H3,(H,27,29). The number of hydrogen-bond acceptors (Lipinski definition) is 7. The Kier molecular flexibility index (Phi) is 9.02. The summed E-state index contributed by atoms with van der Waals surface area (Å²) in [5, 5.41) is 2.81. The second kappa shape index (κ2) is 12.2. The van der Waals surface area contributed by atoms with Crippen molar-refractivity contribution in [2.75, 3.05) is 39.2 Å². The van der Waals surface area contributed by atoms with Crippen LogP contribution in [0.1, 0.15) is 11.1 Å². The SMILES string of the molecule is COc1ccc(NS(=O)(=O)c2ccc(OCC(=O)NCCc3ccc(OC)c(OC)c3)c(C)c2)cc1. The number of rotatable bonds is 12. The third kappa shape index (κ3) is 7.05. The van der Waals surface area contributed by atoms with Gasteiger partial charge in [-0.05, 0) is 79.1 Å². The lowest BCUT2D eigenvalue weighted by Gasteiger charge is -2.13. The lowest BCUT2D eigenvalue weighted by Crippen LogP contribution is -2.30. The van der Waals surface area contributed by atoms with Crippen LogP contribution in [0, 0.1) is 6.92 Å². The Morgan fingerprint density at radius 2 is 1.53 bits per heavy atom. The van der Waals surface area contributed by atoms with Gasteiger partial charge in [-0.15, -0.1) is 0 Å². The van der Waals surface area contributed by atoms with E-state index in [4.69, 9.17) is 18.9 Å². The summed E-state index contributed by atoms with van der Waals surface area (Å²) in [5.41, 5.74) is 1.99. The Morgan fingerprint density at radius 3 is 2.17 bits per heavy atom. The number of anilines is 1. The zero-order valence-electron chi connectivity index (χ0n) is 20.7. The summed E-state index contributed by atoms with van der Waals surface area (Å²) in [6, 6.07) is 16.6. The quantitative estimate of drug-likeness (QED) is 0.380. The van der Waals surface area contributed by atoms with E-state index in [1.54, 1.807) is 45.4 Å². The van der Waals surface area contributed by atoms with Crippen molar-refractivity contribution < 1.29 is 32.2 Å². The molecule has 0 spiro atoms. The molecule has 0 fully saturated rings. The van der Waals surface area contributed by atoms with Crippen molar-refractivity contribution >= 4 is 21.6 Å². The molecule has 0 unspecified atom stereocenters. The van der Waals surface area contributed by atoms with Crippen molar-refractivity contribution in [2.24, 2.45) is 0 Å². The predicted molar refractivity (Wildman–Crippen MR) is 137 cm³/mol. The van der Waals surface area contributed by atoms with Crippen LogP contribution in [-0.4, -0.2) is 48.8 Å². The molecule has 10 heteroatoms. The third-order valence-electron chi connectivity index (χ3n) is 5.34. The normalized spacial score (nSPS) is 10.9. The first-order valence-electron chi connectivity index (χ1n) is 11.1. The number of carbonyl (C=O) groups excluding carboxylic acids is 1. The van der Waals surface area contributed by atoms with Gasteiger partial charge < -0.3 is 24.3 Å². The number of hydrogen-bond donors (Lipinski definition) is 2. The van der Waals surface area contributed by atoms with Crippen LogP contribution < -0.4 is 29.0 Å². The lowest BCUT2D eigenvalue weighted by atomic mass is 10.1. The Labute approximate surface area is 211 Å². The van der Waals surface area contributed by atoms with Gasteiger partial charge in [0, 0.05) is 12.2 Å². The minimum absolute atomic E-state index is 0.0857. The minimum Gasteiger partial charge on any atom is -0.497 e. The molecule has 9 nitrogen and oxygen atoms in total. The molecule has 0 aromatic heterocycles. The van der Waals surface area contributed by atoms with Gasteiger partial charge in [0.15, 0.2) is 18.1 Å². The molecule has 1 amide bonds. The first-order chi connectivity index (χ1) is 17.2. The van der Waals surface area contributed by atoms with Crippen LogP contribution in [0.3, 0.4) is 0 Å². The van der Waals surface area contributed by atoms with E-state index in [0.29, 0.717) is 47.2 Å². The summed E-state index contributed by atoms with van der Waals surface area (Å²) in [6.07, 6.45) is 0.610. The number of methoxy groups -OCH3 is 3. The summed E-state index contributed by atoms with van der Waals surface area (Å²) < 4.78 is 49.2. The molecule has 0 aliphatic carbocycles.